The van der Waals surface area contributed by atoms with Crippen LogP contribution in [0.4, 0.5) is 4.39 Å². The van der Waals surface area contributed by atoms with Crippen LogP contribution in [0, 0.1) is 18.7 Å². The molecule has 5 nitrogen and oxygen atoms in total. The Balaban J connectivity index is 1.56. The Labute approximate surface area is 211 Å². The number of thioether (sulfide) groups is 1. The van der Waals surface area contributed by atoms with Gasteiger partial charge in [-0.3, -0.25) is 14.2 Å². The summed E-state index contributed by atoms with van der Waals surface area (Å²) in [6.07, 6.45) is 2.91. The van der Waals surface area contributed by atoms with Crippen molar-refractivity contribution in [1.82, 2.24) is 9.55 Å². The SMILES string of the molecule is COc1ccc(C(=O)CSc2nc3sc4c(c3c(=O)n2-c2ccc(C)cc2)CCC(C)C4)cc1F. The Bertz CT molecular complexity index is 1490. The maximum Gasteiger partial charge on any atom is 0.267 e. The van der Waals surface area contributed by atoms with Gasteiger partial charge in [0.2, 0.25) is 0 Å². The largest absolute Gasteiger partial charge is 0.494 e. The van der Waals surface area contributed by atoms with E-state index in [-0.39, 0.29) is 28.4 Å². The van der Waals surface area contributed by atoms with Gasteiger partial charge in [0.25, 0.3) is 5.56 Å². The van der Waals surface area contributed by atoms with Crippen molar-refractivity contribution < 1.29 is 13.9 Å². The Morgan fingerprint density at radius 1 is 1.26 bits per heavy atom. The van der Waals surface area contributed by atoms with Gasteiger partial charge >= 0.3 is 0 Å². The molecule has 1 atom stereocenters. The molecule has 0 fully saturated rings. The molecule has 1 aliphatic carbocycles. The van der Waals surface area contributed by atoms with E-state index in [1.165, 1.54) is 35.9 Å². The fourth-order valence-electron chi connectivity index (χ4n) is 4.44. The summed E-state index contributed by atoms with van der Waals surface area (Å²) < 4.78 is 20.7. The van der Waals surface area contributed by atoms with Crippen LogP contribution in [0.15, 0.2) is 52.4 Å². The molecule has 0 saturated heterocycles. The summed E-state index contributed by atoms with van der Waals surface area (Å²) in [7, 11) is 1.38. The molecule has 4 aromatic rings. The average molecular weight is 509 g/mol. The molecule has 0 radical (unpaired) electrons. The van der Waals surface area contributed by atoms with Gasteiger partial charge in [0.05, 0.1) is 23.9 Å². The van der Waals surface area contributed by atoms with Gasteiger partial charge in [-0.2, -0.15) is 0 Å². The summed E-state index contributed by atoms with van der Waals surface area (Å²) in [5, 5.41) is 1.16. The number of ketones is 1. The summed E-state index contributed by atoms with van der Waals surface area (Å²) >= 11 is 2.78. The second-order valence-electron chi connectivity index (χ2n) is 8.96. The molecule has 2 heterocycles. The number of ether oxygens (including phenoxy) is 1. The minimum absolute atomic E-state index is 0.0255. The number of carbonyl (C=O) groups is 1. The van der Waals surface area contributed by atoms with Crippen molar-refractivity contribution >= 4 is 39.1 Å². The van der Waals surface area contributed by atoms with Gasteiger partial charge in [-0.15, -0.1) is 11.3 Å². The predicted molar refractivity (Wildman–Crippen MR) is 139 cm³/mol. The topological polar surface area (TPSA) is 61.2 Å². The molecule has 1 aliphatic rings. The van der Waals surface area contributed by atoms with E-state index in [9.17, 15) is 14.0 Å². The summed E-state index contributed by atoms with van der Waals surface area (Å²) in [5.74, 6) is -0.132. The molecule has 0 aliphatic heterocycles. The molecular formula is C27H25FN2O3S2. The van der Waals surface area contributed by atoms with E-state index >= 15 is 0 Å². The van der Waals surface area contributed by atoms with E-state index < -0.39 is 5.82 Å². The van der Waals surface area contributed by atoms with Crippen LogP contribution in [-0.4, -0.2) is 28.2 Å². The number of fused-ring (bicyclic) bond motifs is 3. The number of rotatable bonds is 6. The summed E-state index contributed by atoms with van der Waals surface area (Å²) in [6.45, 7) is 4.23. The van der Waals surface area contributed by atoms with Gasteiger partial charge in [-0.1, -0.05) is 36.4 Å². The molecule has 35 heavy (non-hydrogen) atoms. The van der Waals surface area contributed by atoms with E-state index in [2.05, 4.69) is 6.92 Å². The van der Waals surface area contributed by atoms with Crippen molar-refractivity contribution in [3.05, 3.63) is 80.2 Å². The predicted octanol–water partition coefficient (Wildman–Crippen LogP) is 6.00. The zero-order valence-corrected chi connectivity index (χ0v) is 21.4. The van der Waals surface area contributed by atoms with Crippen molar-refractivity contribution in [3.8, 4) is 11.4 Å². The number of aryl methyl sites for hydroxylation is 2. The summed E-state index contributed by atoms with van der Waals surface area (Å²) in [4.78, 5) is 33.6. The second kappa shape index (κ2) is 9.59. The second-order valence-corrected chi connectivity index (χ2v) is 11.0. The minimum Gasteiger partial charge on any atom is -0.494 e. The lowest BCUT2D eigenvalue weighted by molar-refractivity contribution is 0.102. The minimum atomic E-state index is -0.585. The number of nitrogens with zero attached hydrogens (tertiary/aromatic N) is 2. The zero-order chi connectivity index (χ0) is 24.7. The zero-order valence-electron chi connectivity index (χ0n) is 19.8. The fraction of sp³-hybridized carbons (Fsp3) is 0.296. The first-order chi connectivity index (χ1) is 16.9. The quantitative estimate of drug-likeness (QED) is 0.182. The Morgan fingerprint density at radius 3 is 2.74 bits per heavy atom. The van der Waals surface area contributed by atoms with E-state index in [1.807, 2.05) is 31.2 Å². The summed E-state index contributed by atoms with van der Waals surface area (Å²) in [5.41, 5.74) is 3.08. The van der Waals surface area contributed by atoms with Crippen molar-refractivity contribution in [2.24, 2.45) is 5.92 Å². The molecule has 0 spiro atoms. The number of hydrogen-bond acceptors (Lipinski definition) is 6. The maximum atomic E-state index is 14.1. The third-order valence-corrected chi connectivity index (χ3v) is 8.48. The number of aromatic nitrogens is 2. The highest BCUT2D eigenvalue weighted by molar-refractivity contribution is 7.99. The van der Waals surface area contributed by atoms with Crippen molar-refractivity contribution in [3.63, 3.8) is 0 Å². The smallest absolute Gasteiger partial charge is 0.267 e. The molecule has 180 valence electrons. The maximum absolute atomic E-state index is 14.1. The first-order valence-corrected chi connectivity index (χ1v) is 13.3. The van der Waals surface area contributed by atoms with Crippen molar-refractivity contribution in [2.75, 3.05) is 12.9 Å². The fourth-order valence-corrected chi connectivity index (χ4v) is 6.77. The van der Waals surface area contributed by atoms with Crippen LogP contribution >= 0.6 is 23.1 Å². The lowest BCUT2D eigenvalue weighted by Crippen LogP contribution is -2.23. The number of Topliss-reactive ketones (excluding diaryl/α,β-unsaturated/α-hetero) is 1. The van der Waals surface area contributed by atoms with Gasteiger partial charge in [0.1, 0.15) is 4.83 Å². The molecule has 2 aromatic heterocycles. The first-order valence-electron chi connectivity index (χ1n) is 11.5. The number of hydrogen-bond donors (Lipinski definition) is 0. The number of thiophene rings is 1. The van der Waals surface area contributed by atoms with E-state index in [1.54, 1.807) is 22.0 Å². The number of benzene rings is 2. The molecule has 2 aromatic carbocycles. The van der Waals surface area contributed by atoms with Gasteiger partial charge < -0.3 is 4.74 Å². The number of methoxy groups -OCH3 is 1. The van der Waals surface area contributed by atoms with Gasteiger partial charge in [0, 0.05) is 10.4 Å². The lowest BCUT2D eigenvalue weighted by Gasteiger charge is -2.18. The molecule has 0 amide bonds. The van der Waals surface area contributed by atoms with Gasteiger partial charge in [-0.05, 0) is 68.0 Å². The van der Waals surface area contributed by atoms with E-state index in [0.29, 0.717) is 22.1 Å². The van der Waals surface area contributed by atoms with Crippen molar-refractivity contribution in [1.29, 1.82) is 0 Å². The van der Waals surface area contributed by atoms with Crippen LogP contribution in [0.2, 0.25) is 0 Å². The van der Waals surface area contributed by atoms with Gasteiger partial charge in [-0.25, -0.2) is 9.37 Å². The monoisotopic (exact) mass is 508 g/mol. The van der Waals surface area contributed by atoms with E-state index in [4.69, 9.17) is 9.72 Å². The van der Waals surface area contributed by atoms with Crippen LogP contribution in [0.5, 0.6) is 5.75 Å². The third kappa shape index (κ3) is 4.52. The Hall–Kier alpha value is -2.97. The molecule has 5 rings (SSSR count). The highest BCUT2D eigenvalue weighted by Crippen LogP contribution is 2.37. The molecule has 8 heteroatoms. The normalized spacial score (nSPS) is 15.3. The van der Waals surface area contributed by atoms with Gasteiger partial charge in [0.15, 0.2) is 22.5 Å². The Kier molecular flexibility index (Phi) is 6.51. The first kappa shape index (κ1) is 23.8. The van der Waals surface area contributed by atoms with Crippen LogP contribution in [0.3, 0.4) is 0 Å². The highest BCUT2D eigenvalue weighted by Gasteiger charge is 2.25. The average Bonchev–Trinajstić information content (AvgIpc) is 3.20. The van der Waals surface area contributed by atoms with Crippen molar-refractivity contribution in [2.45, 2.75) is 38.3 Å². The molecular weight excluding hydrogens is 483 g/mol. The number of carbonyl (C=O) groups excluding carboxylic acids is 1. The van der Waals surface area contributed by atoms with Crippen LogP contribution in [0.25, 0.3) is 15.9 Å². The molecule has 0 bridgehead atoms. The summed E-state index contributed by atoms with van der Waals surface area (Å²) in [6, 6.07) is 11.9. The number of halogens is 1. The standard InChI is InChI=1S/C27H25FN2O3S2/c1-15-4-8-18(9-5-15)30-26(32)24-19-10-6-16(2)12-23(19)35-25(24)29-27(30)34-14-21(31)17-7-11-22(33-3)20(28)13-17/h4-5,7-9,11,13,16H,6,10,12,14H2,1-3H3. The van der Waals surface area contributed by atoms with E-state index in [0.717, 1.165) is 35.2 Å². The van der Waals surface area contributed by atoms with Crippen LogP contribution in [0.1, 0.15) is 39.7 Å². The highest BCUT2D eigenvalue weighted by atomic mass is 32.2. The Morgan fingerprint density at radius 2 is 2.03 bits per heavy atom. The lowest BCUT2D eigenvalue weighted by atomic mass is 9.89. The molecule has 0 saturated carbocycles. The molecule has 1 unspecified atom stereocenters. The van der Waals surface area contributed by atoms with Crippen LogP contribution < -0.4 is 10.3 Å². The third-order valence-electron chi connectivity index (χ3n) is 6.40. The molecule has 0 N–H and O–H groups in total. The van der Waals surface area contributed by atoms with Crippen LogP contribution in [-0.2, 0) is 12.8 Å².